The van der Waals surface area contributed by atoms with Crippen LogP contribution in [0.25, 0.3) is 0 Å². The average Bonchev–Trinajstić information content (AvgIpc) is 3.06. The molecule has 1 saturated heterocycles. The summed E-state index contributed by atoms with van der Waals surface area (Å²) in [5.74, 6) is -0.0790. The van der Waals surface area contributed by atoms with Crippen molar-refractivity contribution in [2.24, 2.45) is 7.05 Å². The molecule has 0 aromatic carbocycles. The van der Waals surface area contributed by atoms with Crippen molar-refractivity contribution < 1.29 is 18.0 Å². The molecule has 1 aliphatic heterocycles. The van der Waals surface area contributed by atoms with Crippen LogP contribution in [0.4, 0.5) is 18.9 Å². The lowest BCUT2D eigenvalue weighted by Gasteiger charge is -2.14. The number of alkyl halides is 3. The van der Waals surface area contributed by atoms with Gasteiger partial charge in [-0.3, -0.25) is 9.48 Å². The number of rotatable bonds is 3. The quantitative estimate of drug-likeness (QED) is 0.861. The van der Waals surface area contributed by atoms with Gasteiger partial charge in [-0.1, -0.05) is 11.8 Å². The summed E-state index contributed by atoms with van der Waals surface area (Å²) >= 11 is 1.19. The summed E-state index contributed by atoms with van der Waals surface area (Å²) in [6, 6.07) is 2.28. The average molecular weight is 342 g/mol. The van der Waals surface area contributed by atoms with Gasteiger partial charge in [-0.05, 0) is 18.6 Å². The number of thioether (sulfide) groups is 1. The summed E-state index contributed by atoms with van der Waals surface area (Å²) in [6.07, 6.45) is 0.362. The van der Waals surface area contributed by atoms with Gasteiger partial charge in [0.2, 0.25) is 5.91 Å². The predicted molar refractivity (Wildman–Crippen MR) is 79.1 cm³/mol. The van der Waals surface area contributed by atoms with E-state index in [1.165, 1.54) is 17.8 Å². The first-order valence-electron chi connectivity index (χ1n) is 6.84. The van der Waals surface area contributed by atoms with Crippen LogP contribution in [-0.2, 0) is 18.0 Å². The Kier molecular flexibility index (Phi) is 4.05. The van der Waals surface area contributed by atoms with Gasteiger partial charge in [0.05, 0.1) is 27.7 Å². The lowest BCUT2D eigenvalue weighted by Crippen LogP contribution is -2.27. The molecule has 0 unspecified atom stereocenters. The smallest absolute Gasteiger partial charge is 0.308 e. The van der Waals surface area contributed by atoms with Crippen LogP contribution in [0.15, 0.2) is 35.7 Å². The van der Waals surface area contributed by atoms with Crippen molar-refractivity contribution in [1.29, 1.82) is 0 Å². The Bertz CT molecular complexity index is 714. The van der Waals surface area contributed by atoms with E-state index >= 15 is 0 Å². The summed E-state index contributed by atoms with van der Waals surface area (Å²) in [5.41, 5.74) is -0.0717. The number of anilines is 1. The second-order valence-corrected chi connectivity index (χ2v) is 6.36. The van der Waals surface area contributed by atoms with Crippen LogP contribution < -0.4 is 4.90 Å². The highest BCUT2D eigenvalue weighted by molar-refractivity contribution is 8.00. The summed E-state index contributed by atoms with van der Waals surface area (Å²) in [6.45, 7) is 0.558. The molecular formula is C14H13F3N4OS. The molecule has 122 valence electrons. The zero-order chi connectivity index (χ0) is 16.6. The molecule has 0 bridgehead atoms. The first kappa shape index (κ1) is 15.9. The van der Waals surface area contributed by atoms with Gasteiger partial charge >= 0.3 is 6.18 Å². The highest BCUT2D eigenvalue weighted by Crippen LogP contribution is 2.34. The maximum absolute atomic E-state index is 12.5. The molecule has 1 atom stereocenters. The van der Waals surface area contributed by atoms with E-state index in [1.54, 1.807) is 29.0 Å². The number of aryl methyl sites for hydroxylation is 1. The number of hydrogen-bond acceptors (Lipinski definition) is 4. The van der Waals surface area contributed by atoms with Crippen LogP contribution in [0.1, 0.15) is 12.0 Å². The molecule has 1 amide bonds. The van der Waals surface area contributed by atoms with Gasteiger partial charge < -0.3 is 4.90 Å². The number of aromatic nitrogens is 3. The van der Waals surface area contributed by atoms with Crippen LogP contribution in [-0.4, -0.2) is 32.5 Å². The van der Waals surface area contributed by atoms with Crippen molar-refractivity contribution in [1.82, 2.24) is 14.8 Å². The molecule has 5 nitrogen and oxygen atoms in total. The lowest BCUT2D eigenvalue weighted by atomic mass is 10.3. The molecule has 0 saturated carbocycles. The van der Waals surface area contributed by atoms with E-state index in [0.717, 1.165) is 18.0 Å². The second kappa shape index (κ2) is 5.88. The zero-order valence-corrected chi connectivity index (χ0v) is 12.9. The summed E-state index contributed by atoms with van der Waals surface area (Å²) < 4.78 is 39.1. The first-order valence-corrected chi connectivity index (χ1v) is 7.72. The molecule has 2 aromatic heterocycles. The summed E-state index contributed by atoms with van der Waals surface area (Å²) in [5, 5.41) is 4.09. The van der Waals surface area contributed by atoms with Crippen molar-refractivity contribution >= 4 is 23.4 Å². The number of halogens is 3. The Labute approximate surface area is 134 Å². The Balaban J connectivity index is 1.68. The van der Waals surface area contributed by atoms with Gasteiger partial charge in [0.1, 0.15) is 0 Å². The molecule has 1 fully saturated rings. The molecule has 23 heavy (non-hydrogen) atoms. The maximum atomic E-state index is 12.5. The minimum Gasteiger partial charge on any atom is -0.308 e. The molecule has 2 aromatic rings. The molecule has 0 spiro atoms. The van der Waals surface area contributed by atoms with Crippen molar-refractivity contribution in [3.05, 3.63) is 36.3 Å². The SMILES string of the molecule is Cn1cc(N2CC[C@H](Sc3ccc(C(F)(F)F)cn3)C2=O)cn1. The van der Waals surface area contributed by atoms with Crippen LogP contribution in [0.3, 0.4) is 0 Å². The van der Waals surface area contributed by atoms with E-state index in [4.69, 9.17) is 0 Å². The van der Waals surface area contributed by atoms with E-state index in [1.807, 2.05) is 0 Å². The third-order valence-electron chi connectivity index (χ3n) is 3.49. The third-order valence-corrected chi connectivity index (χ3v) is 4.69. The number of carbonyl (C=O) groups excluding carboxylic acids is 1. The fourth-order valence-electron chi connectivity index (χ4n) is 2.33. The molecule has 9 heteroatoms. The van der Waals surface area contributed by atoms with E-state index in [-0.39, 0.29) is 11.2 Å². The Morgan fingerprint density at radius 3 is 2.65 bits per heavy atom. The summed E-state index contributed by atoms with van der Waals surface area (Å²) in [4.78, 5) is 17.8. The van der Waals surface area contributed by atoms with Gasteiger partial charge in [0.15, 0.2) is 0 Å². The molecule has 3 rings (SSSR count). The van der Waals surface area contributed by atoms with E-state index in [0.29, 0.717) is 18.0 Å². The van der Waals surface area contributed by atoms with Gasteiger partial charge in [-0.2, -0.15) is 18.3 Å². The fraction of sp³-hybridized carbons (Fsp3) is 0.357. The van der Waals surface area contributed by atoms with Crippen molar-refractivity contribution in [3.8, 4) is 0 Å². The predicted octanol–water partition coefficient (Wildman–Crippen LogP) is 2.73. The molecular weight excluding hydrogens is 329 g/mol. The summed E-state index contributed by atoms with van der Waals surface area (Å²) in [7, 11) is 1.77. The fourth-order valence-corrected chi connectivity index (χ4v) is 3.33. The largest absolute Gasteiger partial charge is 0.417 e. The first-order chi connectivity index (χ1) is 10.8. The van der Waals surface area contributed by atoms with Crippen molar-refractivity contribution in [3.63, 3.8) is 0 Å². The molecule has 0 N–H and O–H groups in total. The normalized spacial score (nSPS) is 18.7. The molecule has 1 aliphatic rings. The molecule has 3 heterocycles. The standard InChI is InChI=1S/C14H13F3N4OS/c1-20-8-10(7-19-20)21-5-4-11(13(21)22)23-12-3-2-9(6-18-12)14(15,16)17/h2-3,6-8,11H,4-5H2,1H3/t11-/m0/s1. The van der Waals surface area contributed by atoms with Gasteiger partial charge in [-0.15, -0.1) is 0 Å². The van der Waals surface area contributed by atoms with Gasteiger partial charge in [0.25, 0.3) is 0 Å². The van der Waals surface area contributed by atoms with Crippen LogP contribution in [0, 0.1) is 0 Å². The minimum absolute atomic E-state index is 0.0790. The zero-order valence-electron chi connectivity index (χ0n) is 12.1. The number of nitrogens with zero attached hydrogens (tertiary/aromatic N) is 4. The third kappa shape index (κ3) is 3.34. The Morgan fingerprint density at radius 2 is 2.09 bits per heavy atom. The molecule has 0 radical (unpaired) electrons. The van der Waals surface area contributed by atoms with Crippen LogP contribution in [0.2, 0.25) is 0 Å². The highest BCUT2D eigenvalue weighted by atomic mass is 32.2. The topological polar surface area (TPSA) is 51.0 Å². The van der Waals surface area contributed by atoms with Crippen LogP contribution in [0.5, 0.6) is 0 Å². The highest BCUT2D eigenvalue weighted by Gasteiger charge is 2.35. The number of pyridine rings is 1. The monoisotopic (exact) mass is 342 g/mol. The number of carbonyl (C=O) groups is 1. The number of amides is 1. The van der Waals surface area contributed by atoms with Gasteiger partial charge in [-0.25, -0.2) is 4.98 Å². The maximum Gasteiger partial charge on any atom is 0.417 e. The number of hydrogen-bond donors (Lipinski definition) is 0. The van der Waals surface area contributed by atoms with E-state index in [2.05, 4.69) is 10.1 Å². The van der Waals surface area contributed by atoms with Gasteiger partial charge in [0, 0.05) is 26.0 Å². The Morgan fingerprint density at radius 1 is 1.30 bits per heavy atom. The van der Waals surface area contributed by atoms with Crippen LogP contribution >= 0.6 is 11.8 Å². The minimum atomic E-state index is -4.41. The van der Waals surface area contributed by atoms with Crippen molar-refractivity contribution in [2.75, 3.05) is 11.4 Å². The van der Waals surface area contributed by atoms with E-state index in [9.17, 15) is 18.0 Å². The Hall–Kier alpha value is -2.03. The van der Waals surface area contributed by atoms with Crippen molar-refractivity contribution in [2.45, 2.75) is 22.9 Å². The van der Waals surface area contributed by atoms with E-state index < -0.39 is 11.7 Å². The second-order valence-electron chi connectivity index (χ2n) is 5.14. The molecule has 0 aliphatic carbocycles. The lowest BCUT2D eigenvalue weighted by molar-refractivity contribution is -0.137.